The van der Waals surface area contributed by atoms with Crippen molar-refractivity contribution in [2.45, 2.75) is 12.8 Å². The summed E-state index contributed by atoms with van der Waals surface area (Å²) >= 11 is 12.7. The molecular weight excluding hydrogens is 335 g/mol. The summed E-state index contributed by atoms with van der Waals surface area (Å²) in [6.45, 7) is 2.07. The van der Waals surface area contributed by atoms with Crippen LogP contribution >= 0.6 is 23.2 Å². The molecule has 0 aliphatic rings. The average Bonchev–Trinajstić information content (AvgIpc) is 2.62. The van der Waals surface area contributed by atoms with Gasteiger partial charge >= 0.3 is 0 Å². The van der Waals surface area contributed by atoms with E-state index in [-0.39, 0.29) is 5.92 Å². The number of allylic oxidation sites excluding steroid dienone is 1. The Labute approximate surface area is 153 Å². The van der Waals surface area contributed by atoms with Crippen LogP contribution in [0.15, 0.2) is 84.9 Å². The molecule has 2 heteroatoms. The Morgan fingerprint density at radius 1 is 0.792 bits per heavy atom. The van der Waals surface area contributed by atoms with Crippen molar-refractivity contribution >= 4 is 28.2 Å². The molecule has 0 bridgehead atoms. The van der Waals surface area contributed by atoms with E-state index < -0.39 is 0 Å². The predicted molar refractivity (Wildman–Crippen MR) is 105 cm³/mol. The summed E-state index contributed by atoms with van der Waals surface area (Å²) in [5, 5.41) is 1.48. The third-order valence-corrected chi connectivity index (χ3v) is 4.62. The summed E-state index contributed by atoms with van der Waals surface area (Å²) in [7, 11) is 0. The maximum Gasteiger partial charge on any atom is 0.0448 e. The van der Waals surface area contributed by atoms with E-state index in [4.69, 9.17) is 23.2 Å². The van der Waals surface area contributed by atoms with Gasteiger partial charge in [-0.2, -0.15) is 0 Å². The van der Waals surface area contributed by atoms with Gasteiger partial charge in [-0.1, -0.05) is 102 Å². The Kier molecular flexibility index (Phi) is 5.40. The number of hydrogen-bond donors (Lipinski definition) is 0. The summed E-state index contributed by atoms with van der Waals surface area (Å²) in [5.74, 6) is 0.0808. The van der Waals surface area contributed by atoms with Crippen molar-refractivity contribution in [3.05, 3.63) is 112 Å². The molecule has 0 fully saturated rings. The van der Waals surface area contributed by atoms with Crippen molar-refractivity contribution in [2.24, 2.45) is 0 Å². The minimum absolute atomic E-state index is 0.0808. The van der Waals surface area contributed by atoms with Crippen LogP contribution in [0.4, 0.5) is 0 Å². The molecule has 0 nitrogen and oxygen atoms in total. The molecule has 3 aromatic carbocycles. The Bertz CT molecular complexity index is 816. The topological polar surface area (TPSA) is 0 Å². The lowest BCUT2D eigenvalue weighted by Gasteiger charge is -2.15. The van der Waals surface area contributed by atoms with E-state index >= 15 is 0 Å². The van der Waals surface area contributed by atoms with E-state index in [9.17, 15) is 0 Å². The Hall–Kier alpha value is -2.02. The van der Waals surface area contributed by atoms with Gasteiger partial charge in [-0.3, -0.25) is 0 Å². The fourth-order valence-electron chi connectivity index (χ4n) is 2.67. The quantitative estimate of drug-likeness (QED) is 0.471. The summed E-state index contributed by atoms with van der Waals surface area (Å²) < 4.78 is 0. The Morgan fingerprint density at radius 2 is 1.38 bits per heavy atom. The summed E-state index contributed by atoms with van der Waals surface area (Å²) in [6, 6.07) is 26.6. The zero-order valence-electron chi connectivity index (χ0n) is 13.4. The first kappa shape index (κ1) is 16.8. The molecule has 0 spiro atoms. The normalized spacial score (nSPS) is 12.9. The molecule has 24 heavy (non-hydrogen) atoms. The van der Waals surface area contributed by atoms with E-state index in [0.29, 0.717) is 0 Å². The molecule has 0 heterocycles. The fraction of sp³-hybridized carbons (Fsp3) is 0.0909. The van der Waals surface area contributed by atoms with Gasteiger partial charge in [-0.05, 0) is 35.7 Å². The molecule has 0 amide bonds. The smallest absolute Gasteiger partial charge is 0.0448 e. The standard InChI is InChI=1S/C22H18Cl2/c1-16-7-9-19(10-8-16)22(24)15-21(17-5-3-2-4-6-17)18-11-13-20(23)14-12-18/h2-15,21H,1H3/b22-15-. The van der Waals surface area contributed by atoms with Gasteiger partial charge < -0.3 is 0 Å². The van der Waals surface area contributed by atoms with Crippen LogP contribution < -0.4 is 0 Å². The van der Waals surface area contributed by atoms with Crippen LogP contribution in [-0.2, 0) is 0 Å². The third kappa shape index (κ3) is 4.08. The van der Waals surface area contributed by atoms with Crippen molar-refractivity contribution < 1.29 is 0 Å². The van der Waals surface area contributed by atoms with Gasteiger partial charge in [0.25, 0.3) is 0 Å². The second kappa shape index (κ2) is 7.70. The summed E-state index contributed by atoms with van der Waals surface area (Å²) in [5.41, 5.74) is 4.61. The van der Waals surface area contributed by atoms with Crippen LogP contribution in [0.2, 0.25) is 5.02 Å². The monoisotopic (exact) mass is 352 g/mol. The number of benzene rings is 3. The Morgan fingerprint density at radius 3 is 2.00 bits per heavy atom. The molecular formula is C22H18Cl2. The molecule has 0 aliphatic heterocycles. The lowest BCUT2D eigenvalue weighted by Crippen LogP contribution is -1.98. The summed E-state index contributed by atoms with van der Waals surface area (Å²) in [6.07, 6.45) is 2.10. The second-order valence-electron chi connectivity index (χ2n) is 5.82. The molecule has 120 valence electrons. The second-order valence-corrected chi connectivity index (χ2v) is 6.66. The summed E-state index contributed by atoms with van der Waals surface area (Å²) in [4.78, 5) is 0. The zero-order valence-corrected chi connectivity index (χ0v) is 14.9. The maximum absolute atomic E-state index is 6.62. The molecule has 3 rings (SSSR count). The molecule has 1 atom stereocenters. The Balaban J connectivity index is 2.03. The molecule has 0 saturated carbocycles. The van der Waals surface area contributed by atoms with Crippen molar-refractivity contribution in [1.29, 1.82) is 0 Å². The molecule has 3 aromatic rings. The highest BCUT2D eigenvalue weighted by Gasteiger charge is 2.13. The van der Waals surface area contributed by atoms with Crippen molar-refractivity contribution in [2.75, 3.05) is 0 Å². The van der Waals surface area contributed by atoms with E-state index in [1.54, 1.807) is 0 Å². The minimum atomic E-state index is 0.0808. The van der Waals surface area contributed by atoms with Crippen molar-refractivity contribution in [3.8, 4) is 0 Å². The average molecular weight is 353 g/mol. The molecule has 0 aliphatic carbocycles. The number of halogens is 2. The van der Waals surface area contributed by atoms with Crippen LogP contribution in [0, 0.1) is 6.92 Å². The van der Waals surface area contributed by atoms with E-state index in [0.717, 1.165) is 21.2 Å². The van der Waals surface area contributed by atoms with Gasteiger partial charge in [0.2, 0.25) is 0 Å². The first-order chi connectivity index (χ1) is 11.6. The van der Waals surface area contributed by atoms with Gasteiger partial charge in [0, 0.05) is 16.0 Å². The molecule has 0 N–H and O–H groups in total. The highest BCUT2D eigenvalue weighted by atomic mass is 35.5. The first-order valence-electron chi connectivity index (χ1n) is 7.88. The van der Waals surface area contributed by atoms with Gasteiger partial charge in [0.15, 0.2) is 0 Å². The van der Waals surface area contributed by atoms with Gasteiger partial charge in [-0.15, -0.1) is 0 Å². The predicted octanol–water partition coefficient (Wildman–Crippen LogP) is 7.06. The van der Waals surface area contributed by atoms with Crippen LogP contribution in [0.25, 0.3) is 5.03 Å². The van der Waals surface area contributed by atoms with Crippen LogP contribution in [0.5, 0.6) is 0 Å². The highest BCUT2D eigenvalue weighted by Crippen LogP contribution is 2.32. The van der Waals surface area contributed by atoms with Crippen molar-refractivity contribution in [3.63, 3.8) is 0 Å². The molecule has 0 saturated heterocycles. The van der Waals surface area contributed by atoms with E-state index in [2.05, 4.69) is 61.5 Å². The number of rotatable bonds is 4. The maximum atomic E-state index is 6.62. The molecule has 0 radical (unpaired) electrons. The van der Waals surface area contributed by atoms with Gasteiger partial charge in [-0.25, -0.2) is 0 Å². The molecule has 1 unspecified atom stereocenters. The van der Waals surface area contributed by atoms with E-state index in [1.165, 1.54) is 11.1 Å². The van der Waals surface area contributed by atoms with Crippen LogP contribution in [-0.4, -0.2) is 0 Å². The zero-order chi connectivity index (χ0) is 16.9. The minimum Gasteiger partial charge on any atom is -0.0843 e. The van der Waals surface area contributed by atoms with Crippen molar-refractivity contribution in [1.82, 2.24) is 0 Å². The largest absolute Gasteiger partial charge is 0.0843 e. The highest BCUT2D eigenvalue weighted by molar-refractivity contribution is 6.48. The first-order valence-corrected chi connectivity index (χ1v) is 8.64. The van der Waals surface area contributed by atoms with Crippen LogP contribution in [0.1, 0.15) is 28.2 Å². The SMILES string of the molecule is Cc1ccc(/C(Cl)=C/C(c2ccccc2)c2ccc(Cl)cc2)cc1. The van der Waals surface area contributed by atoms with E-state index in [1.807, 2.05) is 30.3 Å². The lowest BCUT2D eigenvalue weighted by molar-refractivity contribution is 1.03. The lowest BCUT2D eigenvalue weighted by atomic mass is 9.90. The number of hydrogen-bond acceptors (Lipinski definition) is 0. The van der Waals surface area contributed by atoms with Crippen LogP contribution in [0.3, 0.4) is 0 Å². The fourth-order valence-corrected chi connectivity index (χ4v) is 3.05. The third-order valence-electron chi connectivity index (χ3n) is 4.03. The van der Waals surface area contributed by atoms with Gasteiger partial charge in [0.05, 0.1) is 0 Å². The van der Waals surface area contributed by atoms with Gasteiger partial charge in [0.1, 0.15) is 0 Å². The molecule has 0 aromatic heterocycles. The number of aryl methyl sites for hydroxylation is 1.